The Kier molecular flexibility index (Phi) is 5.43. The Morgan fingerprint density at radius 3 is 2.78 bits per heavy atom. The molecule has 1 aromatic heterocycles. The molecule has 1 aliphatic rings. The summed E-state index contributed by atoms with van der Waals surface area (Å²) < 4.78 is 7.95. The maximum atomic E-state index is 9.18. The topological polar surface area (TPSA) is 50.5 Å². The van der Waals surface area contributed by atoms with Gasteiger partial charge in [-0.3, -0.25) is 4.90 Å². The van der Waals surface area contributed by atoms with E-state index in [9.17, 15) is 5.11 Å². The van der Waals surface area contributed by atoms with E-state index in [1.54, 1.807) is 0 Å². The highest BCUT2D eigenvalue weighted by atomic mass is 16.5. The van der Waals surface area contributed by atoms with Crippen molar-refractivity contribution in [1.82, 2.24) is 14.5 Å². The number of ether oxygens (including phenoxy) is 1. The highest BCUT2D eigenvalue weighted by Crippen LogP contribution is 2.20. The third-order valence-corrected chi connectivity index (χ3v) is 4.49. The maximum Gasteiger partial charge on any atom is 0.0948 e. The summed E-state index contributed by atoms with van der Waals surface area (Å²) in [6.45, 7) is 6.42. The Morgan fingerprint density at radius 2 is 2.04 bits per heavy atom. The zero-order chi connectivity index (χ0) is 16.1. The third kappa shape index (κ3) is 3.99. The predicted molar refractivity (Wildman–Crippen MR) is 88.7 cm³/mol. The normalized spacial score (nSPS) is 18.6. The average Bonchev–Trinajstić information content (AvgIpc) is 2.96. The van der Waals surface area contributed by atoms with E-state index in [1.807, 2.05) is 31.6 Å². The van der Waals surface area contributed by atoms with Crippen LogP contribution in [0, 0.1) is 0 Å². The van der Waals surface area contributed by atoms with Crippen molar-refractivity contribution in [3.8, 4) is 0 Å². The molecule has 0 fully saturated rings. The number of rotatable bonds is 6. The molecule has 0 radical (unpaired) electrons. The molecule has 1 aliphatic heterocycles. The Hall–Kier alpha value is -1.69. The van der Waals surface area contributed by atoms with Gasteiger partial charge in [-0.1, -0.05) is 24.3 Å². The van der Waals surface area contributed by atoms with E-state index in [0.717, 1.165) is 44.8 Å². The highest BCUT2D eigenvalue weighted by molar-refractivity contribution is 5.22. The van der Waals surface area contributed by atoms with E-state index in [-0.39, 0.29) is 6.61 Å². The van der Waals surface area contributed by atoms with E-state index >= 15 is 0 Å². The molecule has 0 saturated heterocycles. The van der Waals surface area contributed by atoms with Crippen LogP contribution < -0.4 is 0 Å². The van der Waals surface area contributed by atoms with Crippen LogP contribution >= 0.6 is 0 Å². The molecule has 23 heavy (non-hydrogen) atoms. The minimum Gasteiger partial charge on any atom is -0.392 e. The molecular weight excluding hydrogens is 290 g/mol. The van der Waals surface area contributed by atoms with Gasteiger partial charge in [0.2, 0.25) is 0 Å². The summed E-state index contributed by atoms with van der Waals surface area (Å²) in [6, 6.07) is 8.60. The van der Waals surface area contributed by atoms with Crippen LogP contribution in [0.1, 0.15) is 30.2 Å². The molecular formula is C18H25N3O2. The number of aromatic nitrogens is 2. The van der Waals surface area contributed by atoms with Crippen LogP contribution in [0.25, 0.3) is 0 Å². The van der Waals surface area contributed by atoms with Gasteiger partial charge >= 0.3 is 0 Å². The molecule has 3 rings (SSSR count). The van der Waals surface area contributed by atoms with Crippen LogP contribution in [-0.4, -0.2) is 38.8 Å². The minimum absolute atomic E-state index is 0.0934. The van der Waals surface area contributed by atoms with E-state index in [1.165, 1.54) is 11.3 Å². The van der Waals surface area contributed by atoms with Crippen LogP contribution in [-0.2, 0) is 31.0 Å². The molecule has 124 valence electrons. The largest absolute Gasteiger partial charge is 0.392 e. The van der Waals surface area contributed by atoms with Crippen LogP contribution in [0.15, 0.2) is 36.8 Å². The molecule has 1 unspecified atom stereocenters. The first-order chi connectivity index (χ1) is 11.3. The maximum absolute atomic E-state index is 9.18. The molecule has 1 N–H and O–H groups in total. The first-order valence-electron chi connectivity index (χ1n) is 8.29. The molecule has 0 amide bonds. The van der Waals surface area contributed by atoms with Gasteiger partial charge < -0.3 is 14.4 Å². The number of benzene rings is 1. The molecule has 0 bridgehead atoms. The fraction of sp³-hybridized carbons (Fsp3) is 0.500. The summed E-state index contributed by atoms with van der Waals surface area (Å²) >= 11 is 0. The number of aliphatic hydroxyl groups excluding tert-OH is 1. The number of nitrogens with zero attached hydrogens (tertiary/aromatic N) is 3. The zero-order valence-corrected chi connectivity index (χ0v) is 13.7. The van der Waals surface area contributed by atoms with E-state index in [0.29, 0.717) is 6.04 Å². The van der Waals surface area contributed by atoms with Crippen LogP contribution in [0.3, 0.4) is 0 Å². The van der Waals surface area contributed by atoms with Gasteiger partial charge in [-0.25, -0.2) is 4.98 Å². The summed E-state index contributed by atoms with van der Waals surface area (Å²) in [4.78, 5) is 6.75. The smallest absolute Gasteiger partial charge is 0.0948 e. The molecule has 2 aromatic rings. The second kappa shape index (κ2) is 7.73. The zero-order valence-electron chi connectivity index (χ0n) is 13.7. The monoisotopic (exact) mass is 315 g/mol. The fourth-order valence-electron chi connectivity index (χ4n) is 3.10. The third-order valence-electron chi connectivity index (χ3n) is 4.49. The van der Waals surface area contributed by atoms with Gasteiger partial charge in [0.25, 0.3) is 0 Å². The van der Waals surface area contributed by atoms with Crippen molar-refractivity contribution in [2.75, 3.05) is 13.2 Å². The summed E-state index contributed by atoms with van der Waals surface area (Å²) in [6.07, 6.45) is 4.95. The van der Waals surface area contributed by atoms with Crippen LogP contribution in [0.4, 0.5) is 0 Å². The van der Waals surface area contributed by atoms with Crippen molar-refractivity contribution in [2.24, 2.45) is 0 Å². The van der Waals surface area contributed by atoms with Crippen molar-refractivity contribution in [2.45, 2.75) is 45.6 Å². The number of aliphatic hydroxyl groups is 1. The van der Waals surface area contributed by atoms with Crippen molar-refractivity contribution in [1.29, 1.82) is 0 Å². The quantitative estimate of drug-likeness (QED) is 0.888. The van der Waals surface area contributed by atoms with Crippen LogP contribution in [0.2, 0.25) is 0 Å². The summed E-state index contributed by atoms with van der Waals surface area (Å²) in [5.41, 5.74) is 3.47. The van der Waals surface area contributed by atoms with Crippen molar-refractivity contribution < 1.29 is 9.84 Å². The first kappa shape index (κ1) is 16.2. The molecule has 2 heterocycles. The van der Waals surface area contributed by atoms with E-state index in [2.05, 4.69) is 26.6 Å². The molecule has 0 saturated carbocycles. The van der Waals surface area contributed by atoms with Gasteiger partial charge in [0, 0.05) is 38.5 Å². The number of hydrogen-bond acceptors (Lipinski definition) is 4. The highest BCUT2D eigenvalue weighted by Gasteiger charge is 2.24. The van der Waals surface area contributed by atoms with E-state index in [4.69, 9.17) is 4.74 Å². The fourth-order valence-corrected chi connectivity index (χ4v) is 3.10. The number of imidazole rings is 1. The lowest BCUT2D eigenvalue weighted by molar-refractivity contribution is 0.0559. The van der Waals surface area contributed by atoms with Crippen molar-refractivity contribution >= 4 is 0 Å². The average molecular weight is 315 g/mol. The second-order valence-corrected chi connectivity index (χ2v) is 6.06. The van der Waals surface area contributed by atoms with Gasteiger partial charge in [0.1, 0.15) is 0 Å². The second-order valence-electron chi connectivity index (χ2n) is 6.06. The molecule has 5 heteroatoms. The Labute approximate surface area is 137 Å². The summed E-state index contributed by atoms with van der Waals surface area (Å²) in [5, 5.41) is 9.18. The van der Waals surface area contributed by atoms with Gasteiger partial charge in [0.15, 0.2) is 0 Å². The number of aryl methyl sites for hydroxylation is 1. The Bertz CT molecular complexity index is 609. The standard InChI is InChI=1S/C18H25N3O2/c1-2-23-13-17-7-8-20-14-19-9-18(20)11-21(17)10-15-3-5-16(12-22)6-4-15/h3-6,9,14,17,22H,2,7-8,10-13H2,1H3. The lowest BCUT2D eigenvalue weighted by Crippen LogP contribution is -2.37. The molecule has 0 aliphatic carbocycles. The summed E-state index contributed by atoms with van der Waals surface area (Å²) in [5.74, 6) is 0. The predicted octanol–water partition coefficient (Wildman–Crippen LogP) is 2.19. The van der Waals surface area contributed by atoms with Gasteiger partial charge in [0.05, 0.1) is 25.2 Å². The van der Waals surface area contributed by atoms with Crippen molar-refractivity contribution in [3.63, 3.8) is 0 Å². The van der Waals surface area contributed by atoms with Gasteiger partial charge in [-0.2, -0.15) is 0 Å². The molecule has 1 atom stereocenters. The Morgan fingerprint density at radius 1 is 1.26 bits per heavy atom. The lowest BCUT2D eigenvalue weighted by atomic mass is 10.1. The SMILES string of the molecule is CCOCC1CCn2cncc2CN1Cc1ccc(CO)cc1. The Balaban J connectivity index is 1.75. The number of fused-ring (bicyclic) bond motifs is 1. The van der Waals surface area contributed by atoms with Gasteiger partial charge in [-0.05, 0) is 24.5 Å². The lowest BCUT2D eigenvalue weighted by Gasteiger charge is -2.29. The summed E-state index contributed by atoms with van der Waals surface area (Å²) in [7, 11) is 0. The molecule has 5 nitrogen and oxygen atoms in total. The van der Waals surface area contributed by atoms with Crippen LogP contribution in [0.5, 0.6) is 0 Å². The first-order valence-corrected chi connectivity index (χ1v) is 8.29. The van der Waals surface area contributed by atoms with E-state index < -0.39 is 0 Å². The van der Waals surface area contributed by atoms with Crippen molar-refractivity contribution in [3.05, 3.63) is 53.6 Å². The molecule has 0 spiro atoms. The molecule has 1 aromatic carbocycles. The minimum atomic E-state index is 0.0934. The number of hydrogen-bond donors (Lipinski definition) is 1. The van der Waals surface area contributed by atoms with Gasteiger partial charge in [-0.15, -0.1) is 0 Å².